The van der Waals surface area contributed by atoms with Crippen LogP contribution in [0, 0.1) is 5.41 Å². The fourth-order valence-corrected chi connectivity index (χ4v) is 5.12. The molecule has 0 bridgehead atoms. The van der Waals surface area contributed by atoms with Crippen LogP contribution in [0.15, 0.2) is 17.0 Å². The lowest BCUT2D eigenvalue weighted by molar-refractivity contribution is 0.105. The Hall–Kier alpha value is -0.620. The van der Waals surface area contributed by atoms with E-state index in [9.17, 15) is 9.66 Å². The summed E-state index contributed by atoms with van der Waals surface area (Å²) in [6, 6.07) is 3.66. The summed E-state index contributed by atoms with van der Waals surface area (Å²) < 4.78 is 19.1. The summed E-state index contributed by atoms with van der Waals surface area (Å²) in [5.41, 5.74) is 0.802. The lowest BCUT2D eigenvalue weighted by atomic mass is 9.88. The van der Waals surface area contributed by atoms with Crippen molar-refractivity contribution in [2.45, 2.75) is 68.9 Å². The molecule has 0 aromatic heterocycles. The van der Waals surface area contributed by atoms with Gasteiger partial charge in [-0.3, -0.25) is 0 Å². The van der Waals surface area contributed by atoms with E-state index in [1.54, 1.807) is 6.07 Å². The molecule has 1 aliphatic carbocycles. The molecule has 2 aliphatic rings. The molecule has 2 N–H and O–H groups in total. The first kappa shape index (κ1) is 17.2. The number of nitrogens with one attached hydrogen (secondary N) is 1. The van der Waals surface area contributed by atoms with Crippen molar-refractivity contribution in [3.8, 4) is 5.75 Å². The minimum absolute atomic E-state index is 0.0478. The topological polar surface area (TPSA) is 64.5 Å². The molecular formula is C17H24ClNO3S. The smallest absolute Gasteiger partial charge is 0.215 e. The van der Waals surface area contributed by atoms with Crippen molar-refractivity contribution in [3.05, 3.63) is 17.2 Å². The number of aliphatic hydroxyl groups excluding tert-OH is 1. The van der Waals surface area contributed by atoms with Gasteiger partial charge in [-0.1, -0.05) is 32.4 Å². The lowest BCUT2D eigenvalue weighted by Gasteiger charge is -2.29. The summed E-state index contributed by atoms with van der Waals surface area (Å²) in [6.07, 6.45) is 2.46. The highest BCUT2D eigenvalue weighted by Gasteiger charge is 2.42. The molecule has 23 heavy (non-hydrogen) atoms. The minimum atomic E-state index is -1.27. The maximum atomic E-state index is 13.0. The van der Waals surface area contributed by atoms with Crippen LogP contribution in [0.25, 0.3) is 0 Å². The van der Waals surface area contributed by atoms with Crippen molar-refractivity contribution in [1.82, 2.24) is 0 Å². The van der Waals surface area contributed by atoms with Crippen LogP contribution in [-0.2, 0) is 11.2 Å². The second-order valence-electron chi connectivity index (χ2n) is 7.12. The average Bonchev–Trinajstić information content (AvgIpc) is 3.13. The number of fused-ring (bicyclic) bond motifs is 1. The molecular weight excluding hydrogens is 334 g/mol. The highest BCUT2D eigenvalue weighted by atomic mass is 35.5. The number of ether oxygens (including phenoxy) is 1. The third-order valence-electron chi connectivity index (χ3n) is 5.07. The molecule has 1 saturated carbocycles. The highest BCUT2D eigenvalue weighted by Crippen LogP contribution is 2.47. The van der Waals surface area contributed by atoms with E-state index in [2.05, 4.69) is 26.1 Å². The first-order chi connectivity index (χ1) is 10.8. The summed E-state index contributed by atoms with van der Waals surface area (Å²) in [6.45, 7) is 6.41. The molecule has 6 heteroatoms. The zero-order chi connectivity index (χ0) is 16.8. The maximum absolute atomic E-state index is 13.0. The van der Waals surface area contributed by atoms with Crippen LogP contribution >= 0.6 is 11.6 Å². The van der Waals surface area contributed by atoms with Gasteiger partial charge in [0, 0.05) is 11.8 Å². The van der Waals surface area contributed by atoms with E-state index in [1.165, 1.54) is 0 Å². The molecule has 1 aromatic carbocycles. The number of anilines is 1. The van der Waals surface area contributed by atoms with E-state index in [-0.39, 0.29) is 23.0 Å². The Labute approximate surface area is 145 Å². The molecule has 3 unspecified atom stereocenters. The van der Waals surface area contributed by atoms with E-state index in [1.807, 2.05) is 6.07 Å². The van der Waals surface area contributed by atoms with Crippen molar-refractivity contribution in [3.63, 3.8) is 0 Å². The van der Waals surface area contributed by atoms with E-state index in [0.717, 1.165) is 18.5 Å². The van der Waals surface area contributed by atoms with Gasteiger partial charge in [-0.25, -0.2) is 0 Å². The van der Waals surface area contributed by atoms with Crippen LogP contribution in [-0.4, -0.2) is 27.2 Å². The monoisotopic (exact) mass is 357 g/mol. The Morgan fingerprint density at radius 1 is 1.43 bits per heavy atom. The van der Waals surface area contributed by atoms with E-state index in [0.29, 0.717) is 28.5 Å². The number of hydrogen-bond acceptors (Lipinski definition) is 4. The van der Waals surface area contributed by atoms with Gasteiger partial charge in [-0.05, 0) is 42.6 Å². The van der Waals surface area contributed by atoms with Crippen LogP contribution in [0.3, 0.4) is 0 Å². The number of benzene rings is 1. The zero-order valence-corrected chi connectivity index (χ0v) is 15.3. The molecule has 128 valence electrons. The Bertz CT molecular complexity index is 595. The molecule has 4 nitrogen and oxygen atoms in total. The molecule has 0 amide bonds. The lowest BCUT2D eigenvalue weighted by Crippen LogP contribution is -2.37. The van der Waals surface area contributed by atoms with Crippen LogP contribution in [0.5, 0.6) is 5.75 Å². The van der Waals surface area contributed by atoms with E-state index < -0.39 is 11.2 Å². The second kappa shape index (κ2) is 6.36. The van der Waals surface area contributed by atoms with Crippen molar-refractivity contribution in [2.24, 2.45) is 5.41 Å². The van der Waals surface area contributed by atoms with Gasteiger partial charge in [0.2, 0.25) is 10.6 Å². The molecule has 3 rings (SSSR count). The Balaban J connectivity index is 1.91. The largest absolute Gasteiger partial charge is 0.611 e. The normalized spacial score (nSPS) is 28.2. The second-order valence-corrected chi connectivity index (χ2v) is 9.20. The van der Waals surface area contributed by atoms with Gasteiger partial charge < -0.3 is 19.7 Å². The van der Waals surface area contributed by atoms with Gasteiger partial charge in [0.25, 0.3) is 0 Å². The fraction of sp³-hybridized carbons (Fsp3) is 0.647. The summed E-state index contributed by atoms with van der Waals surface area (Å²) in [5.74, 6) is 0.615. The van der Waals surface area contributed by atoms with Gasteiger partial charge in [-0.2, -0.15) is 0 Å². The number of rotatable bonds is 4. The molecule has 1 aliphatic heterocycles. The Morgan fingerprint density at radius 3 is 2.78 bits per heavy atom. The SMILES string of the molecule is CCC(C)(C)C1Nc2ccc(Cl)c([S+]([O-])[C@@H]3CCC(O)C3)c2O1. The first-order valence-electron chi connectivity index (χ1n) is 8.18. The van der Waals surface area contributed by atoms with Crippen molar-refractivity contribution in [1.29, 1.82) is 0 Å². The molecule has 1 fully saturated rings. The predicted molar refractivity (Wildman–Crippen MR) is 93.6 cm³/mol. The Kier molecular flexibility index (Phi) is 4.76. The van der Waals surface area contributed by atoms with Gasteiger partial charge in [0.05, 0.1) is 16.8 Å². The zero-order valence-electron chi connectivity index (χ0n) is 13.8. The number of aliphatic hydroxyl groups is 1. The van der Waals surface area contributed by atoms with Gasteiger partial charge >= 0.3 is 0 Å². The standard InChI is InChI=1S/C17H24ClNO3S/c1-4-17(2,3)16-19-13-8-7-12(18)15(14(13)22-16)23(21)11-6-5-10(20)9-11/h7-8,10-11,16,19-20H,4-6,9H2,1-3H3/t10?,11-,16?,23?/m1/s1. The van der Waals surface area contributed by atoms with Crippen molar-refractivity contribution < 1.29 is 14.4 Å². The fourth-order valence-electron chi connectivity index (χ4n) is 3.06. The third kappa shape index (κ3) is 3.16. The summed E-state index contributed by atoms with van der Waals surface area (Å²) in [7, 11) is 0. The maximum Gasteiger partial charge on any atom is 0.215 e. The average molecular weight is 358 g/mol. The predicted octanol–water partition coefficient (Wildman–Crippen LogP) is 3.93. The van der Waals surface area contributed by atoms with Crippen LogP contribution in [0.1, 0.15) is 46.5 Å². The van der Waals surface area contributed by atoms with Gasteiger partial charge in [-0.15, -0.1) is 0 Å². The van der Waals surface area contributed by atoms with Crippen LogP contribution < -0.4 is 10.1 Å². The third-order valence-corrected chi connectivity index (χ3v) is 7.34. The molecule has 1 aromatic rings. The van der Waals surface area contributed by atoms with Crippen molar-refractivity contribution in [2.75, 3.05) is 5.32 Å². The number of halogens is 1. The summed E-state index contributed by atoms with van der Waals surface area (Å²) in [5, 5.41) is 13.5. The van der Waals surface area contributed by atoms with E-state index >= 15 is 0 Å². The molecule has 0 radical (unpaired) electrons. The quantitative estimate of drug-likeness (QED) is 0.801. The summed E-state index contributed by atoms with van der Waals surface area (Å²) in [4.78, 5) is 0.574. The van der Waals surface area contributed by atoms with Gasteiger partial charge in [0.1, 0.15) is 5.25 Å². The summed E-state index contributed by atoms with van der Waals surface area (Å²) >= 11 is 5.08. The van der Waals surface area contributed by atoms with Crippen molar-refractivity contribution >= 4 is 28.5 Å². The minimum Gasteiger partial charge on any atom is -0.611 e. The molecule has 0 spiro atoms. The van der Waals surface area contributed by atoms with Crippen LogP contribution in [0.4, 0.5) is 5.69 Å². The van der Waals surface area contributed by atoms with Gasteiger partial charge in [0.15, 0.2) is 6.23 Å². The van der Waals surface area contributed by atoms with Crippen LogP contribution in [0.2, 0.25) is 5.02 Å². The first-order valence-corrected chi connectivity index (χ1v) is 9.77. The molecule has 1 heterocycles. The Morgan fingerprint density at radius 2 is 2.17 bits per heavy atom. The highest BCUT2D eigenvalue weighted by molar-refractivity contribution is 7.92. The van der Waals surface area contributed by atoms with E-state index in [4.69, 9.17) is 16.3 Å². The number of hydrogen-bond donors (Lipinski definition) is 2. The molecule has 0 saturated heterocycles. The molecule has 4 atom stereocenters.